The molecule has 29 heavy (non-hydrogen) atoms. The summed E-state index contributed by atoms with van der Waals surface area (Å²) >= 11 is 0. The van der Waals surface area contributed by atoms with E-state index < -0.39 is 0 Å². The van der Waals surface area contributed by atoms with E-state index in [1.165, 1.54) is 0 Å². The lowest BCUT2D eigenvalue weighted by Gasteiger charge is -2.59. The van der Waals surface area contributed by atoms with Gasteiger partial charge in [0.2, 0.25) is 5.91 Å². The molecule has 1 saturated carbocycles. The molecule has 164 valence electrons. The van der Waals surface area contributed by atoms with Gasteiger partial charge in [-0.3, -0.25) is 4.79 Å². The van der Waals surface area contributed by atoms with Crippen LogP contribution >= 0.6 is 24.0 Å². The highest BCUT2D eigenvalue weighted by molar-refractivity contribution is 14.0. The average molecular weight is 518 g/mol. The molecule has 0 aliphatic heterocycles. The number of benzene rings is 1. The van der Waals surface area contributed by atoms with Gasteiger partial charge >= 0.3 is 0 Å². The first kappa shape index (κ1) is 25.5. The summed E-state index contributed by atoms with van der Waals surface area (Å²) in [6.07, 6.45) is 0.876. The first-order valence-corrected chi connectivity index (χ1v) is 9.56. The van der Waals surface area contributed by atoms with Crippen molar-refractivity contribution in [1.82, 2.24) is 15.5 Å². The van der Waals surface area contributed by atoms with Gasteiger partial charge in [-0.15, -0.1) is 24.0 Å². The molecule has 1 aromatic rings. The summed E-state index contributed by atoms with van der Waals surface area (Å²) in [5.74, 6) is 1.44. The third-order valence-electron chi connectivity index (χ3n) is 6.07. The molecule has 1 aliphatic rings. The summed E-state index contributed by atoms with van der Waals surface area (Å²) in [5, 5.41) is 6.64. The maximum atomic E-state index is 12.0. The maximum absolute atomic E-state index is 12.0. The molecule has 0 bridgehead atoms. The van der Waals surface area contributed by atoms with Gasteiger partial charge in [0, 0.05) is 32.7 Å². The molecular weight excluding hydrogens is 483 g/mol. The van der Waals surface area contributed by atoms with Crippen LogP contribution in [0.15, 0.2) is 29.3 Å². The Morgan fingerprint density at radius 1 is 1.21 bits per heavy atom. The average Bonchev–Trinajstić information content (AvgIpc) is 2.68. The number of aliphatic imine (C=N–C) groups is 1. The van der Waals surface area contributed by atoms with E-state index in [9.17, 15) is 4.79 Å². The summed E-state index contributed by atoms with van der Waals surface area (Å²) < 4.78 is 10.9. The van der Waals surface area contributed by atoms with Crippen LogP contribution in [-0.2, 0) is 16.1 Å². The van der Waals surface area contributed by atoms with Crippen LogP contribution in [0.5, 0.6) is 5.75 Å². The number of likely N-dealkylation sites (N-methyl/N-ethyl adjacent to an activating group) is 1. The van der Waals surface area contributed by atoms with E-state index in [0.29, 0.717) is 12.5 Å². The van der Waals surface area contributed by atoms with E-state index in [0.717, 1.165) is 17.7 Å². The Labute approximate surface area is 191 Å². The lowest BCUT2D eigenvalue weighted by Crippen LogP contribution is -2.69. The van der Waals surface area contributed by atoms with Gasteiger partial charge in [-0.05, 0) is 31.0 Å². The van der Waals surface area contributed by atoms with Crippen molar-refractivity contribution in [3.8, 4) is 5.75 Å². The minimum atomic E-state index is -0.175. The smallest absolute Gasteiger partial charge is 0.241 e. The molecule has 0 radical (unpaired) electrons. The number of nitrogens with zero attached hydrogens (tertiary/aromatic N) is 2. The fourth-order valence-corrected chi connectivity index (χ4v) is 3.26. The number of hydrogen-bond donors (Lipinski definition) is 2. The zero-order valence-electron chi connectivity index (χ0n) is 18.5. The zero-order chi connectivity index (χ0) is 20.9. The number of methoxy groups -OCH3 is 2. The molecule has 2 rings (SSSR count). The number of ether oxygens (including phenoxy) is 2. The SMILES string of the molecule is COc1ccc(CN=C(NCC(=O)N(C)C)NC2CC(C)(OC)C2(C)C)cc1.I. The molecule has 0 saturated heterocycles. The molecule has 1 amide bonds. The summed E-state index contributed by atoms with van der Waals surface area (Å²) in [7, 11) is 6.88. The van der Waals surface area contributed by atoms with Gasteiger partial charge in [-0.1, -0.05) is 26.0 Å². The van der Waals surface area contributed by atoms with Gasteiger partial charge in [-0.2, -0.15) is 0 Å². The predicted molar refractivity (Wildman–Crippen MR) is 127 cm³/mol. The van der Waals surface area contributed by atoms with Crippen LogP contribution in [0.25, 0.3) is 0 Å². The quantitative estimate of drug-likeness (QED) is 0.330. The third kappa shape index (κ3) is 5.97. The molecule has 0 spiro atoms. The Kier molecular flexibility index (Phi) is 9.20. The Bertz CT molecular complexity index is 706. The van der Waals surface area contributed by atoms with Crippen molar-refractivity contribution in [1.29, 1.82) is 0 Å². The molecule has 1 aromatic carbocycles. The number of carbonyl (C=O) groups is 1. The van der Waals surface area contributed by atoms with Gasteiger partial charge in [-0.25, -0.2) is 4.99 Å². The van der Waals surface area contributed by atoms with E-state index in [1.807, 2.05) is 24.3 Å². The molecule has 1 aliphatic carbocycles. The molecule has 8 heteroatoms. The summed E-state index contributed by atoms with van der Waals surface area (Å²) in [6, 6.07) is 8.01. The van der Waals surface area contributed by atoms with Crippen LogP contribution in [0.2, 0.25) is 0 Å². The highest BCUT2D eigenvalue weighted by atomic mass is 127. The monoisotopic (exact) mass is 518 g/mol. The second-order valence-electron chi connectivity index (χ2n) is 8.21. The summed E-state index contributed by atoms with van der Waals surface area (Å²) in [5.41, 5.74) is 0.830. The second kappa shape index (κ2) is 10.5. The minimum Gasteiger partial charge on any atom is -0.497 e. The third-order valence-corrected chi connectivity index (χ3v) is 6.07. The van der Waals surface area contributed by atoms with Crippen LogP contribution in [0.3, 0.4) is 0 Å². The highest BCUT2D eigenvalue weighted by Gasteiger charge is 2.58. The molecule has 0 aromatic heterocycles. The Morgan fingerprint density at radius 3 is 2.31 bits per heavy atom. The lowest BCUT2D eigenvalue weighted by atomic mass is 9.56. The first-order valence-electron chi connectivity index (χ1n) is 9.56. The highest BCUT2D eigenvalue weighted by Crippen LogP contribution is 2.51. The van der Waals surface area contributed by atoms with E-state index in [1.54, 1.807) is 33.2 Å². The number of nitrogens with one attached hydrogen (secondary N) is 2. The van der Waals surface area contributed by atoms with E-state index in [-0.39, 0.29) is 53.5 Å². The Balaban J connectivity index is 0.00000420. The fraction of sp³-hybridized carbons (Fsp3) is 0.619. The van der Waals surface area contributed by atoms with Crippen molar-refractivity contribution in [3.63, 3.8) is 0 Å². The van der Waals surface area contributed by atoms with Crippen LogP contribution < -0.4 is 15.4 Å². The Hall–Kier alpha value is -1.55. The molecule has 0 heterocycles. The zero-order valence-corrected chi connectivity index (χ0v) is 20.9. The standard InChI is InChI=1S/C21H34N4O3.HI/c1-20(2)17(12-21(20,3)28-7)24-19(23-14-18(26)25(4)5)22-13-15-8-10-16(27-6)11-9-15;/h8-11,17H,12-14H2,1-7H3,(H2,22,23,24);1H. The normalized spacial score (nSPS) is 22.7. The molecule has 2 atom stereocenters. The summed E-state index contributed by atoms with van der Waals surface area (Å²) in [4.78, 5) is 18.2. The van der Waals surface area contributed by atoms with Crippen LogP contribution in [0.4, 0.5) is 0 Å². The maximum Gasteiger partial charge on any atom is 0.241 e. The van der Waals surface area contributed by atoms with Crippen molar-refractivity contribution < 1.29 is 14.3 Å². The van der Waals surface area contributed by atoms with Gasteiger partial charge in [0.25, 0.3) is 0 Å². The second-order valence-corrected chi connectivity index (χ2v) is 8.21. The number of amides is 1. The van der Waals surface area contributed by atoms with Gasteiger partial charge in [0.05, 0.1) is 25.8 Å². The number of guanidine groups is 1. The molecular formula is C21H35IN4O3. The minimum absolute atomic E-state index is 0. The summed E-state index contributed by atoms with van der Waals surface area (Å²) in [6.45, 7) is 7.19. The van der Waals surface area contributed by atoms with E-state index in [4.69, 9.17) is 9.47 Å². The largest absolute Gasteiger partial charge is 0.497 e. The van der Waals surface area contributed by atoms with Crippen molar-refractivity contribution in [2.75, 3.05) is 34.9 Å². The molecule has 7 nitrogen and oxygen atoms in total. The van der Waals surface area contributed by atoms with E-state index >= 15 is 0 Å². The van der Waals surface area contributed by atoms with Crippen LogP contribution in [0.1, 0.15) is 32.8 Å². The van der Waals surface area contributed by atoms with Crippen molar-refractivity contribution in [2.45, 2.75) is 45.4 Å². The molecule has 2 unspecified atom stereocenters. The fourth-order valence-electron chi connectivity index (χ4n) is 3.26. The molecule has 2 N–H and O–H groups in total. The van der Waals surface area contributed by atoms with Crippen molar-refractivity contribution >= 4 is 35.8 Å². The van der Waals surface area contributed by atoms with Gasteiger partial charge in [0.1, 0.15) is 5.75 Å². The first-order chi connectivity index (χ1) is 13.1. The lowest BCUT2D eigenvalue weighted by molar-refractivity contribution is -0.176. The Morgan fingerprint density at radius 2 is 1.83 bits per heavy atom. The number of rotatable bonds is 7. The van der Waals surface area contributed by atoms with Gasteiger partial charge < -0.3 is 25.0 Å². The van der Waals surface area contributed by atoms with E-state index in [2.05, 4.69) is 36.4 Å². The number of carbonyl (C=O) groups excluding carboxylic acids is 1. The van der Waals surface area contributed by atoms with Crippen molar-refractivity contribution in [3.05, 3.63) is 29.8 Å². The molecule has 1 fully saturated rings. The topological polar surface area (TPSA) is 75.2 Å². The predicted octanol–water partition coefficient (Wildman–Crippen LogP) is 2.64. The number of halogens is 1. The number of hydrogen-bond acceptors (Lipinski definition) is 4. The van der Waals surface area contributed by atoms with Crippen LogP contribution in [-0.4, -0.2) is 63.3 Å². The van der Waals surface area contributed by atoms with Gasteiger partial charge in [0.15, 0.2) is 5.96 Å². The van der Waals surface area contributed by atoms with Crippen molar-refractivity contribution in [2.24, 2.45) is 10.4 Å². The van der Waals surface area contributed by atoms with Crippen LogP contribution in [0, 0.1) is 5.41 Å².